The van der Waals surface area contributed by atoms with E-state index in [1.807, 2.05) is 6.07 Å². The SMILES string of the molecule is CC(C)(C)c1cc(Br)cc(Br)c1.CCS(=O)(=O)c1cc(Br)cc(C(C)(C)C)c1. The Bertz CT molecular complexity index is 902. The zero-order valence-electron chi connectivity index (χ0n) is 17.5. The highest BCUT2D eigenvalue weighted by Crippen LogP contribution is 2.29. The molecule has 0 saturated heterocycles. The Kier molecular flexibility index (Phi) is 9.01. The molecule has 0 radical (unpaired) electrons. The van der Waals surface area contributed by atoms with Crippen molar-refractivity contribution in [2.75, 3.05) is 5.75 Å². The van der Waals surface area contributed by atoms with Gasteiger partial charge in [0.2, 0.25) is 0 Å². The monoisotopic (exact) mass is 594 g/mol. The largest absolute Gasteiger partial charge is 0.224 e. The molecule has 0 heterocycles. The summed E-state index contributed by atoms with van der Waals surface area (Å²) in [6, 6.07) is 11.8. The van der Waals surface area contributed by atoms with E-state index >= 15 is 0 Å². The molecule has 0 bridgehead atoms. The van der Waals surface area contributed by atoms with Gasteiger partial charge in [-0.25, -0.2) is 8.42 Å². The van der Waals surface area contributed by atoms with Crippen molar-refractivity contribution >= 4 is 57.6 Å². The van der Waals surface area contributed by atoms with Crippen LogP contribution in [0.15, 0.2) is 54.7 Å². The van der Waals surface area contributed by atoms with Gasteiger partial charge in [0.25, 0.3) is 0 Å². The van der Waals surface area contributed by atoms with Gasteiger partial charge in [0.05, 0.1) is 10.6 Å². The van der Waals surface area contributed by atoms with E-state index < -0.39 is 9.84 Å². The normalized spacial score (nSPS) is 12.4. The number of halogens is 3. The first kappa shape index (κ1) is 25.9. The first-order chi connectivity index (χ1) is 12.6. The van der Waals surface area contributed by atoms with Crippen LogP contribution in [0.25, 0.3) is 0 Å². The zero-order chi connectivity index (χ0) is 21.9. The molecule has 0 N–H and O–H groups in total. The lowest BCUT2D eigenvalue weighted by molar-refractivity contribution is 0.583. The Hall–Kier alpha value is -0.170. The summed E-state index contributed by atoms with van der Waals surface area (Å²) in [5, 5.41) is 0. The van der Waals surface area contributed by atoms with Crippen LogP contribution in [0, 0.1) is 0 Å². The number of hydrogen-bond acceptors (Lipinski definition) is 2. The molecule has 0 aliphatic carbocycles. The third-order valence-electron chi connectivity index (χ3n) is 4.21. The van der Waals surface area contributed by atoms with Gasteiger partial charge in [0, 0.05) is 13.4 Å². The van der Waals surface area contributed by atoms with E-state index in [2.05, 4.69) is 108 Å². The van der Waals surface area contributed by atoms with Gasteiger partial charge in [-0.1, -0.05) is 96.3 Å². The van der Waals surface area contributed by atoms with Gasteiger partial charge in [-0.2, -0.15) is 0 Å². The van der Waals surface area contributed by atoms with E-state index in [0.717, 1.165) is 19.0 Å². The average Bonchev–Trinajstić information content (AvgIpc) is 2.52. The molecule has 0 aliphatic rings. The van der Waals surface area contributed by atoms with Crippen molar-refractivity contribution in [1.82, 2.24) is 0 Å². The number of benzene rings is 2. The Morgan fingerprint density at radius 2 is 1.04 bits per heavy atom. The highest BCUT2D eigenvalue weighted by atomic mass is 79.9. The highest BCUT2D eigenvalue weighted by molar-refractivity contribution is 9.11. The molecule has 156 valence electrons. The Morgan fingerprint density at radius 1 is 0.679 bits per heavy atom. The van der Waals surface area contributed by atoms with Crippen LogP contribution in [0.4, 0.5) is 0 Å². The van der Waals surface area contributed by atoms with Gasteiger partial charge in [0.1, 0.15) is 0 Å². The third-order valence-corrected chi connectivity index (χ3v) is 7.29. The van der Waals surface area contributed by atoms with Crippen molar-refractivity contribution < 1.29 is 8.42 Å². The van der Waals surface area contributed by atoms with Crippen molar-refractivity contribution in [2.24, 2.45) is 0 Å². The molecule has 2 rings (SSSR count). The van der Waals surface area contributed by atoms with Gasteiger partial charge >= 0.3 is 0 Å². The molecule has 0 atom stereocenters. The van der Waals surface area contributed by atoms with Crippen LogP contribution in [-0.2, 0) is 20.7 Å². The summed E-state index contributed by atoms with van der Waals surface area (Å²) in [5.41, 5.74) is 2.52. The molecule has 0 saturated carbocycles. The molecule has 6 heteroatoms. The molecule has 0 aromatic heterocycles. The van der Waals surface area contributed by atoms with E-state index in [1.54, 1.807) is 19.1 Å². The van der Waals surface area contributed by atoms with E-state index in [9.17, 15) is 8.42 Å². The van der Waals surface area contributed by atoms with E-state index in [0.29, 0.717) is 4.90 Å². The fourth-order valence-electron chi connectivity index (χ4n) is 2.33. The van der Waals surface area contributed by atoms with E-state index in [1.165, 1.54) is 5.56 Å². The maximum Gasteiger partial charge on any atom is 0.178 e. The zero-order valence-corrected chi connectivity index (χ0v) is 23.1. The topological polar surface area (TPSA) is 34.1 Å². The molecular weight excluding hydrogens is 568 g/mol. The van der Waals surface area contributed by atoms with Crippen molar-refractivity contribution in [3.8, 4) is 0 Å². The average molecular weight is 597 g/mol. The van der Waals surface area contributed by atoms with Crippen molar-refractivity contribution in [3.05, 3.63) is 60.9 Å². The molecule has 0 fully saturated rings. The van der Waals surface area contributed by atoms with Crippen LogP contribution in [0.5, 0.6) is 0 Å². The number of hydrogen-bond donors (Lipinski definition) is 0. The van der Waals surface area contributed by atoms with Crippen LogP contribution in [0.1, 0.15) is 59.6 Å². The molecule has 2 aromatic rings. The predicted molar refractivity (Wildman–Crippen MR) is 131 cm³/mol. The summed E-state index contributed by atoms with van der Waals surface area (Å²) < 4.78 is 26.7. The second kappa shape index (κ2) is 9.76. The van der Waals surface area contributed by atoms with Crippen LogP contribution >= 0.6 is 47.8 Å². The minimum atomic E-state index is -3.13. The minimum Gasteiger partial charge on any atom is -0.224 e. The van der Waals surface area contributed by atoms with Gasteiger partial charge < -0.3 is 0 Å². The van der Waals surface area contributed by atoms with Gasteiger partial charge in [0.15, 0.2) is 9.84 Å². The summed E-state index contributed by atoms with van der Waals surface area (Å²) in [7, 11) is -3.13. The molecular formula is C22H29Br3O2S. The Morgan fingerprint density at radius 3 is 1.39 bits per heavy atom. The highest BCUT2D eigenvalue weighted by Gasteiger charge is 2.19. The Balaban J connectivity index is 0.000000292. The molecule has 0 aliphatic heterocycles. The van der Waals surface area contributed by atoms with Crippen molar-refractivity contribution in [1.29, 1.82) is 0 Å². The number of rotatable bonds is 2. The molecule has 0 amide bonds. The standard InChI is InChI=1S/C12H17BrO2S.C10H12Br2/c1-5-16(14,15)11-7-9(12(2,3)4)6-10(13)8-11;1-10(2,3)7-4-8(11)6-9(12)5-7/h6-8H,5H2,1-4H3;4-6H,1-3H3. The lowest BCUT2D eigenvalue weighted by Gasteiger charge is -2.20. The van der Waals surface area contributed by atoms with Gasteiger partial charge in [-0.3, -0.25) is 0 Å². The van der Waals surface area contributed by atoms with E-state index in [-0.39, 0.29) is 16.6 Å². The van der Waals surface area contributed by atoms with Crippen LogP contribution < -0.4 is 0 Å². The molecule has 28 heavy (non-hydrogen) atoms. The minimum absolute atomic E-state index is 0.0538. The van der Waals surface area contributed by atoms with Crippen molar-refractivity contribution in [2.45, 2.75) is 64.2 Å². The first-order valence-electron chi connectivity index (χ1n) is 9.06. The molecule has 2 nitrogen and oxygen atoms in total. The summed E-state index contributed by atoms with van der Waals surface area (Å²) in [5.74, 6) is 0.132. The summed E-state index contributed by atoms with van der Waals surface area (Å²) in [6.07, 6.45) is 0. The predicted octanol–water partition coefficient (Wildman–Crippen LogP) is 8.05. The van der Waals surface area contributed by atoms with Gasteiger partial charge in [-0.05, 0) is 58.4 Å². The Labute approximate surface area is 195 Å². The number of sulfone groups is 1. The lowest BCUT2D eigenvalue weighted by atomic mass is 9.87. The van der Waals surface area contributed by atoms with Gasteiger partial charge in [-0.15, -0.1) is 0 Å². The van der Waals surface area contributed by atoms with Crippen molar-refractivity contribution in [3.63, 3.8) is 0 Å². The third kappa shape index (κ3) is 7.92. The molecule has 2 aromatic carbocycles. The first-order valence-corrected chi connectivity index (χ1v) is 13.1. The van der Waals surface area contributed by atoms with Crippen LogP contribution in [0.2, 0.25) is 0 Å². The second-order valence-electron chi connectivity index (χ2n) is 8.74. The second-order valence-corrected chi connectivity index (χ2v) is 13.8. The fourth-order valence-corrected chi connectivity index (χ4v) is 5.21. The summed E-state index contributed by atoms with van der Waals surface area (Å²) in [6.45, 7) is 14.5. The smallest absolute Gasteiger partial charge is 0.178 e. The molecule has 0 unspecified atom stereocenters. The molecule has 0 spiro atoms. The quantitative estimate of drug-likeness (QED) is 0.351. The fraction of sp³-hybridized carbons (Fsp3) is 0.455. The summed E-state index contributed by atoms with van der Waals surface area (Å²) >= 11 is 10.3. The van der Waals surface area contributed by atoms with Crippen LogP contribution in [0.3, 0.4) is 0 Å². The van der Waals surface area contributed by atoms with Crippen LogP contribution in [-0.4, -0.2) is 14.2 Å². The maximum atomic E-state index is 11.8. The summed E-state index contributed by atoms with van der Waals surface area (Å²) in [4.78, 5) is 0.398. The maximum absolute atomic E-state index is 11.8. The lowest BCUT2D eigenvalue weighted by Crippen LogP contribution is -2.13. The van der Waals surface area contributed by atoms with E-state index in [4.69, 9.17) is 0 Å².